The first-order valence-electron chi connectivity index (χ1n) is 9.76. The molecule has 1 aliphatic heterocycles. The molecule has 1 atom stereocenters. The molecule has 156 valence electrons. The number of hydrogen-bond donors (Lipinski definition) is 2. The van der Waals surface area contributed by atoms with Crippen LogP contribution >= 0.6 is 0 Å². The van der Waals surface area contributed by atoms with E-state index in [4.69, 9.17) is 6.42 Å². The number of terminal acetylenes is 1. The van der Waals surface area contributed by atoms with Crippen molar-refractivity contribution in [3.05, 3.63) is 35.5 Å². The van der Waals surface area contributed by atoms with E-state index in [1.165, 1.54) is 6.92 Å². The highest BCUT2D eigenvalue weighted by molar-refractivity contribution is 5.98. The van der Waals surface area contributed by atoms with E-state index in [-0.39, 0.29) is 36.3 Å². The number of aromatic nitrogens is 2. The average Bonchev–Trinajstić information content (AvgIpc) is 3.15. The Morgan fingerprint density at radius 3 is 2.70 bits per heavy atom. The van der Waals surface area contributed by atoms with Gasteiger partial charge in [-0.15, -0.1) is 6.42 Å². The molecule has 0 bridgehead atoms. The Labute approximate surface area is 175 Å². The number of fused-ring (bicyclic) bond motifs is 1. The molecule has 2 N–H and O–H groups in total. The molecule has 3 rings (SSSR count). The smallest absolute Gasteiger partial charge is 0.273 e. The summed E-state index contributed by atoms with van der Waals surface area (Å²) in [6.07, 6.45) is 5.52. The first-order valence-corrected chi connectivity index (χ1v) is 9.76. The van der Waals surface area contributed by atoms with E-state index in [0.29, 0.717) is 34.7 Å². The van der Waals surface area contributed by atoms with Gasteiger partial charge in [0, 0.05) is 30.5 Å². The fourth-order valence-corrected chi connectivity index (χ4v) is 3.24. The van der Waals surface area contributed by atoms with Gasteiger partial charge in [-0.3, -0.25) is 19.1 Å². The Hall–Kier alpha value is -3.60. The van der Waals surface area contributed by atoms with Gasteiger partial charge in [0.25, 0.3) is 5.91 Å². The number of carbonyl (C=O) groups excluding carboxylic acids is 3. The Bertz CT molecular complexity index is 1050. The maximum absolute atomic E-state index is 12.9. The minimum atomic E-state index is -0.214. The molecular weight excluding hydrogens is 382 g/mol. The highest BCUT2D eigenvalue weighted by Crippen LogP contribution is 2.32. The molecule has 3 amide bonds. The molecule has 0 saturated heterocycles. The second-order valence-corrected chi connectivity index (χ2v) is 7.68. The van der Waals surface area contributed by atoms with Gasteiger partial charge < -0.3 is 15.5 Å². The number of anilines is 1. The van der Waals surface area contributed by atoms with Crippen molar-refractivity contribution in [1.82, 2.24) is 20.0 Å². The summed E-state index contributed by atoms with van der Waals surface area (Å²) >= 11 is 0. The molecule has 1 aromatic heterocycles. The van der Waals surface area contributed by atoms with Gasteiger partial charge in [-0.1, -0.05) is 19.8 Å². The van der Waals surface area contributed by atoms with Crippen LogP contribution in [-0.2, 0) is 9.59 Å². The summed E-state index contributed by atoms with van der Waals surface area (Å²) in [5, 5.41) is 10.2. The first kappa shape index (κ1) is 21.1. The lowest BCUT2D eigenvalue weighted by Gasteiger charge is -2.31. The van der Waals surface area contributed by atoms with E-state index in [2.05, 4.69) is 21.7 Å². The third-order valence-electron chi connectivity index (χ3n) is 4.91. The second kappa shape index (κ2) is 8.41. The Morgan fingerprint density at radius 2 is 2.07 bits per heavy atom. The van der Waals surface area contributed by atoms with E-state index in [0.717, 1.165) is 0 Å². The van der Waals surface area contributed by atoms with E-state index >= 15 is 0 Å². The highest BCUT2D eigenvalue weighted by Gasteiger charge is 2.31. The van der Waals surface area contributed by atoms with Crippen LogP contribution < -0.4 is 10.6 Å². The number of rotatable bonds is 5. The van der Waals surface area contributed by atoms with Crippen molar-refractivity contribution in [2.24, 2.45) is 5.92 Å². The largest absolute Gasteiger partial charge is 0.339 e. The van der Waals surface area contributed by atoms with Crippen LogP contribution in [0.2, 0.25) is 0 Å². The standard InChI is InChI=1S/C22H25N5O3/c1-6-16-7-8-17(18(9-16)24-21(29)13(2)3)19-10-20-22(30)26(12-23-15(5)28)11-14(4)27(20)25-19/h1,7-10,13-14H,11-12H2,2-5H3,(H,23,28)(H,24,29). The predicted molar refractivity (Wildman–Crippen MR) is 113 cm³/mol. The second-order valence-electron chi connectivity index (χ2n) is 7.68. The Morgan fingerprint density at radius 1 is 1.33 bits per heavy atom. The lowest BCUT2D eigenvalue weighted by Crippen LogP contribution is -2.47. The van der Waals surface area contributed by atoms with Crippen LogP contribution in [0.4, 0.5) is 5.69 Å². The van der Waals surface area contributed by atoms with Crippen molar-refractivity contribution in [2.75, 3.05) is 18.5 Å². The van der Waals surface area contributed by atoms with Crippen LogP contribution in [0.1, 0.15) is 49.8 Å². The van der Waals surface area contributed by atoms with Crippen LogP contribution in [0.25, 0.3) is 11.3 Å². The fraction of sp³-hybridized carbons (Fsp3) is 0.364. The number of nitrogens with zero attached hydrogens (tertiary/aromatic N) is 3. The minimum Gasteiger partial charge on any atom is -0.339 e. The van der Waals surface area contributed by atoms with Crippen LogP contribution in [0.15, 0.2) is 24.3 Å². The van der Waals surface area contributed by atoms with E-state index in [1.807, 2.05) is 6.92 Å². The maximum Gasteiger partial charge on any atom is 0.273 e. The summed E-state index contributed by atoms with van der Waals surface area (Å²) in [7, 11) is 0. The van der Waals surface area contributed by atoms with Crippen LogP contribution in [0.3, 0.4) is 0 Å². The fourth-order valence-electron chi connectivity index (χ4n) is 3.24. The van der Waals surface area contributed by atoms with Gasteiger partial charge in [0.1, 0.15) is 5.69 Å². The summed E-state index contributed by atoms with van der Waals surface area (Å²) in [6, 6.07) is 6.92. The zero-order valence-electron chi connectivity index (χ0n) is 17.5. The maximum atomic E-state index is 12.9. The molecule has 1 aliphatic rings. The van der Waals surface area contributed by atoms with Crippen molar-refractivity contribution < 1.29 is 14.4 Å². The molecular formula is C22H25N5O3. The normalized spacial score (nSPS) is 15.5. The van der Waals surface area contributed by atoms with E-state index in [1.54, 1.807) is 47.7 Å². The molecule has 0 saturated carbocycles. The van der Waals surface area contributed by atoms with Gasteiger partial charge in [0.2, 0.25) is 11.8 Å². The lowest BCUT2D eigenvalue weighted by atomic mass is 10.0. The summed E-state index contributed by atoms with van der Waals surface area (Å²) in [4.78, 5) is 38.0. The lowest BCUT2D eigenvalue weighted by molar-refractivity contribution is -0.120. The monoisotopic (exact) mass is 407 g/mol. The topological polar surface area (TPSA) is 96.3 Å². The number of carbonyl (C=O) groups is 3. The third-order valence-corrected chi connectivity index (χ3v) is 4.91. The number of nitrogens with one attached hydrogen (secondary N) is 2. The molecule has 2 aromatic rings. The molecule has 0 fully saturated rings. The Balaban J connectivity index is 1.99. The van der Waals surface area contributed by atoms with Crippen LogP contribution in [0.5, 0.6) is 0 Å². The van der Waals surface area contributed by atoms with Gasteiger partial charge in [-0.2, -0.15) is 5.10 Å². The van der Waals surface area contributed by atoms with Crippen molar-refractivity contribution >= 4 is 23.4 Å². The first-order chi connectivity index (χ1) is 14.2. The molecule has 1 unspecified atom stereocenters. The van der Waals surface area contributed by atoms with Crippen molar-refractivity contribution in [3.63, 3.8) is 0 Å². The van der Waals surface area contributed by atoms with Gasteiger partial charge in [0.05, 0.1) is 24.1 Å². The third kappa shape index (κ3) is 4.20. The van der Waals surface area contributed by atoms with Gasteiger partial charge >= 0.3 is 0 Å². The Kier molecular flexibility index (Phi) is 5.92. The number of amides is 3. The molecule has 30 heavy (non-hydrogen) atoms. The number of hydrogen-bond acceptors (Lipinski definition) is 4. The predicted octanol–water partition coefficient (Wildman–Crippen LogP) is 2.24. The molecule has 1 aromatic carbocycles. The van der Waals surface area contributed by atoms with Crippen molar-refractivity contribution in [2.45, 2.75) is 33.7 Å². The summed E-state index contributed by atoms with van der Waals surface area (Å²) in [5.41, 5.74) is 2.85. The molecule has 0 radical (unpaired) electrons. The summed E-state index contributed by atoms with van der Waals surface area (Å²) in [5.74, 6) is 1.81. The molecule has 0 spiro atoms. The summed E-state index contributed by atoms with van der Waals surface area (Å²) < 4.78 is 1.69. The zero-order valence-corrected chi connectivity index (χ0v) is 17.5. The SMILES string of the molecule is C#Cc1ccc(-c2cc3n(n2)C(C)CN(CNC(C)=O)C3=O)c(NC(=O)C(C)C)c1. The molecule has 2 heterocycles. The van der Waals surface area contributed by atoms with E-state index in [9.17, 15) is 14.4 Å². The number of benzene rings is 1. The van der Waals surface area contributed by atoms with Gasteiger partial charge in [-0.25, -0.2) is 0 Å². The van der Waals surface area contributed by atoms with Gasteiger partial charge in [0.15, 0.2) is 0 Å². The van der Waals surface area contributed by atoms with E-state index < -0.39 is 0 Å². The van der Waals surface area contributed by atoms with Crippen LogP contribution in [0, 0.1) is 18.3 Å². The summed E-state index contributed by atoms with van der Waals surface area (Å²) in [6.45, 7) is 7.55. The minimum absolute atomic E-state index is 0.0705. The molecule has 8 nitrogen and oxygen atoms in total. The van der Waals surface area contributed by atoms with Crippen LogP contribution in [-0.4, -0.2) is 45.6 Å². The van der Waals surface area contributed by atoms with Crippen molar-refractivity contribution in [1.29, 1.82) is 0 Å². The quantitative estimate of drug-likeness (QED) is 0.743. The van der Waals surface area contributed by atoms with Crippen molar-refractivity contribution in [3.8, 4) is 23.6 Å². The zero-order chi connectivity index (χ0) is 22.0. The molecule has 8 heteroatoms. The average molecular weight is 407 g/mol. The molecule has 0 aliphatic carbocycles. The highest BCUT2D eigenvalue weighted by atomic mass is 16.2. The van der Waals surface area contributed by atoms with Gasteiger partial charge in [-0.05, 0) is 31.2 Å².